The highest BCUT2D eigenvalue weighted by atomic mass is 35.5. The zero-order valence-corrected chi connectivity index (χ0v) is 21.1. The van der Waals surface area contributed by atoms with E-state index in [-0.39, 0.29) is 25.2 Å². The lowest BCUT2D eigenvalue weighted by Crippen LogP contribution is -2.50. The van der Waals surface area contributed by atoms with Crippen molar-refractivity contribution in [3.05, 3.63) is 40.3 Å². The molecule has 1 heterocycles. The maximum Gasteiger partial charge on any atom is 0.329 e. The summed E-state index contributed by atoms with van der Waals surface area (Å²) >= 11 is 5.86. The number of ether oxygens (including phenoxy) is 1. The molecule has 0 aromatic heterocycles. The van der Waals surface area contributed by atoms with Crippen molar-refractivity contribution in [2.45, 2.75) is 65.1 Å². The van der Waals surface area contributed by atoms with Crippen LogP contribution in [-0.4, -0.2) is 66.1 Å². The Morgan fingerprint density at radius 3 is 2.42 bits per heavy atom. The van der Waals surface area contributed by atoms with Crippen LogP contribution in [0.2, 0.25) is 5.02 Å². The Balaban J connectivity index is 2.28. The minimum absolute atomic E-state index is 0.131. The number of hydrogen-bond donors (Lipinski definition) is 0. The molecule has 0 bridgehead atoms. The van der Waals surface area contributed by atoms with Crippen LogP contribution in [0.25, 0.3) is 6.08 Å². The molecule has 1 aliphatic heterocycles. The van der Waals surface area contributed by atoms with E-state index >= 15 is 0 Å². The standard InChI is InChI=1S/C23H31ClN2O6S/c1-6-19(27)15-26(33(30,31)14-12-17-7-9-18(24)10-8-17)20-11-13-25(21(20)28)16(2)22(29)32-23(3,4)5/h7-10,12,14,16,20H,6,11,13,15H2,1-5H3/b14-12+/t16-,20-/m0/s1. The number of Topliss-reactive ketones (excluding diaryl/α,β-unsaturated/α-hetero) is 1. The number of benzene rings is 1. The Labute approximate surface area is 200 Å². The lowest BCUT2D eigenvalue weighted by atomic mass is 10.2. The van der Waals surface area contributed by atoms with E-state index in [2.05, 4.69) is 0 Å². The van der Waals surface area contributed by atoms with Crippen LogP contribution in [0.5, 0.6) is 0 Å². The van der Waals surface area contributed by atoms with E-state index in [1.807, 2.05) is 0 Å². The molecule has 1 amide bonds. The summed E-state index contributed by atoms with van der Waals surface area (Å²) in [6.45, 7) is 8.11. The van der Waals surface area contributed by atoms with Crippen molar-refractivity contribution < 1.29 is 27.5 Å². The Hall–Kier alpha value is -2.23. The van der Waals surface area contributed by atoms with Crippen molar-refractivity contribution >= 4 is 45.4 Å². The third-order valence-corrected chi connectivity index (χ3v) is 6.90. The van der Waals surface area contributed by atoms with Gasteiger partial charge in [0.05, 0.1) is 6.54 Å². The molecule has 1 aromatic rings. The second-order valence-corrected chi connectivity index (χ2v) is 11.1. The highest BCUT2D eigenvalue weighted by Gasteiger charge is 2.44. The van der Waals surface area contributed by atoms with Crippen LogP contribution in [0.15, 0.2) is 29.7 Å². The second kappa shape index (κ2) is 10.8. The topological polar surface area (TPSA) is 101 Å². The predicted octanol–water partition coefficient (Wildman–Crippen LogP) is 3.25. The third kappa shape index (κ3) is 7.38. The lowest BCUT2D eigenvalue weighted by molar-refractivity contribution is -0.163. The van der Waals surface area contributed by atoms with Crippen molar-refractivity contribution in [1.82, 2.24) is 9.21 Å². The summed E-state index contributed by atoms with van der Waals surface area (Å²) in [5, 5.41) is 1.49. The zero-order valence-electron chi connectivity index (χ0n) is 19.6. The molecular weight excluding hydrogens is 468 g/mol. The van der Waals surface area contributed by atoms with Crippen LogP contribution in [0.1, 0.15) is 53.0 Å². The van der Waals surface area contributed by atoms with Crippen molar-refractivity contribution in [2.75, 3.05) is 13.1 Å². The van der Waals surface area contributed by atoms with E-state index in [1.54, 1.807) is 58.9 Å². The van der Waals surface area contributed by atoms with Gasteiger partial charge in [0.1, 0.15) is 23.5 Å². The van der Waals surface area contributed by atoms with E-state index in [0.717, 1.165) is 9.71 Å². The van der Waals surface area contributed by atoms with Gasteiger partial charge in [0.15, 0.2) is 0 Å². The molecule has 1 aliphatic rings. The van der Waals surface area contributed by atoms with Gasteiger partial charge in [-0.05, 0) is 57.9 Å². The van der Waals surface area contributed by atoms with Crippen LogP contribution >= 0.6 is 11.6 Å². The molecule has 10 heteroatoms. The first-order chi connectivity index (χ1) is 15.2. The van der Waals surface area contributed by atoms with Gasteiger partial charge < -0.3 is 9.64 Å². The first-order valence-electron chi connectivity index (χ1n) is 10.8. The Kier molecular flexibility index (Phi) is 8.84. The first-order valence-corrected chi connectivity index (χ1v) is 12.6. The van der Waals surface area contributed by atoms with E-state index in [1.165, 1.54) is 11.0 Å². The smallest absolute Gasteiger partial charge is 0.329 e. The molecule has 0 radical (unpaired) electrons. The van der Waals surface area contributed by atoms with Crippen LogP contribution in [0.3, 0.4) is 0 Å². The summed E-state index contributed by atoms with van der Waals surface area (Å²) in [5.74, 6) is -1.41. The van der Waals surface area contributed by atoms with Gasteiger partial charge in [0.25, 0.3) is 0 Å². The number of hydrogen-bond acceptors (Lipinski definition) is 6. The first kappa shape index (κ1) is 27.0. The van der Waals surface area contributed by atoms with Crippen LogP contribution in [0, 0.1) is 0 Å². The zero-order chi connectivity index (χ0) is 25.0. The monoisotopic (exact) mass is 498 g/mol. The molecule has 0 N–H and O–H groups in total. The molecule has 2 atom stereocenters. The van der Waals surface area contributed by atoms with E-state index in [4.69, 9.17) is 16.3 Å². The maximum absolute atomic E-state index is 13.2. The van der Waals surface area contributed by atoms with Crippen molar-refractivity contribution in [2.24, 2.45) is 0 Å². The van der Waals surface area contributed by atoms with Crippen molar-refractivity contribution in [1.29, 1.82) is 0 Å². The number of ketones is 1. The van der Waals surface area contributed by atoms with Crippen molar-refractivity contribution in [3.8, 4) is 0 Å². The average Bonchev–Trinajstić information content (AvgIpc) is 3.10. The number of carbonyl (C=O) groups excluding carboxylic acids is 3. The minimum atomic E-state index is -4.12. The van der Waals surface area contributed by atoms with Gasteiger partial charge in [0, 0.05) is 23.4 Å². The van der Waals surface area contributed by atoms with Gasteiger partial charge in [0.2, 0.25) is 15.9 Å². The summed E-state index contributed by atoms with van der Waals surface area (Å²) in [6.07, 6.45) is 1.68. The Morgan fingerprint density at radius 2 is 1.88 bits per heavy atom. The van der Waals surface area contributed by atoms with E-state index < -0.39 is 46.1 Å². The quantitative estimate of drug-likeness (QED) is 0.484. The van der Waals surface area contributed by atoms with Crippen LogP contribution in [0.4, 0.5) is 0 Å². The maximum atomic E-state index is 13.2. The van der Waals surface area contributed by atoms with Gasteiger partial charge >= 0.3 is 5.97 Å². The number of halogens is 1. The molecule has 1 saturated heterocycles. The largest absolute Gasteiger partial charge is 0.458 e. The molecule has 0 aliphatic carbocycles. The normalized spacial score (nSPS) is 18.2. The van der Waals surface area contributed by atoms with Gasteiger partial charge in [-0.3, -0.25) is 9.59 Å². The number of rotatable bonds is 9. The van der Waals surface area contributed by atoms with Crippen LogP contribution in [-0.2, 0) is 29.1 Å². The van der Waals surface area contributed by atoms with Crippen LogP contribution < -0.4 is 0 Å². The highest BCUT2D eigenvalue weighted by Crippen LogP contribution is 2.25. The van der Waals surface area contributed by atoms with Gasteiger partial charge in [-0.2, -0.15) is 4.31 Å². The number of likely N-dealkylation sites (tertiary alicyclic amines) is 1. The average molecular weight is 499 g/mol. The SMILES string of the molecule is CCC(=O)CN([C@H]1CCN([C@@H](C)C(=O)OC(C)(C)C)C1=O)S(=O)(=O)/C=C/c1ccc(Cl)cc1. The molecule has 0 spiro atoms. The fourth-order valence-electron chi connectivity index (χ4n) is 3.33. The molecule has 2 rings (SSSR count). The molecule has 8 nitrogen and oxygen atoms in total. The molecule has 182 valence electrons. The second-order valence-electron chi connectivity index (χ2n) is 8.88. The highest BCUT2D eigenvalue weighted by molar-refractivity contribution is 7.92. The summed E-state index contributed by atoms with van der Waals surface area (Å²) in [5.41, 5.74) is -0.120. The predicted molar refractivity (Wildman–Crippen MR) is 127 cm³/mol. The lowest BCUT2D eigenvalue weighted by Gasteiger charge is -2.29. The molecule has 1 aromatic carbocycles. The van der Waals surface area contributed by atoms with Gasteiger partial charge in [-0.25, -0.2) is 13.2 Å². The number of sulfonamides is 1. The number of esters is 1. The molecule has 0 saturated carbocycles. The van der Waals surface area contributed by atoms with E-state index in [9.17, 15) is 22.8 Å². The van der Waals surface area contributed by atoms with Crippen molar-refractivity contribution in [3.63, 3.8) is 0 Å². The summed E-state index contributed by atoms with van der Waals surface area (Å²) in [7, 11) is -4.12. The summed E-state index contributed by atoms with van der Waals surface area (Å²) < 4.78 is 32.6. The molecule has 1 fully saturated rings. The van der Waals surface area contributed by atoms with E-state index in [0.29, 0.717) is 10.6 Å². The minimum Gasteiger partial charge on any atom is -0.458 e. The molecular formula is C23H31ClN2O6S. The molecule has 33 heavy (non-hydrogen) atoms. The Bertz CT molecular complexity index is 1010. The third-order valence-electron chi connectivity index (χ3n) is 5.13. The summed E-state index contributed by atoms with van der Waals surface area (Å²) in [6, 6.07) is 4.61. The number of carbonyl (C=O) groups is 3. The van der Waals surface area contributed by atoms with Gasteiger partial charge in [-0.1, -0.05) is 30.7 Å². The fraction of sp³-hybridized carbons (Fsp3) is 0.522. The summed E-state index contributed by atoms with van der Waals surface area (Å²) in [4.78, 5) is 39.1. The van der Waals surface area contributed by atoms with Gasteiger partial charge in [-0.15, -0.1) is 0 Å². The molecule has 0 unspecified atom stereocenters. The Morgan fingerprint density at radius 1 is 1.27 bits per heavy atom. The number of amides is 1. The number of nitrogens with zero attached hydrogens (tertiary/aromatic N) is 2. The fourth-order valence-corrected chi connectivity index (χ4v) is 4.82.